The molecule has 4 rings (SSSR count). The summed E-state index contributed by atoms with van der Waals surface area (Å²) in [5.41, 5.74) is 3.88. The molecule has 0 radical (unpaired) electrons. The molecule has 0 unspecified atom stereocenters. The lowest BCUT2D eigenvalue weighted by Gasteiger charge is -2.09. The molecular formula is C21H21N3O2. The third-order valence-electron chi connectivity index (χ3n) is 4.68. The van der Waals surface area contributed by atoms with Gasteiger partial charge in [-0.05, 0) is 43.0 Å². The molecule has 1 amide bonds. The molecule has 2 aromatic heterocycles. The van der Waals surface area contributed by atoms with Gasteiger partial charge >= 0.3 is 0 Å². The Labute approximate surface area is 151 Å². The third-order valence-corrected chi connectivity index (χ3v) is 4.68. The van der Waals surface area contributed by atoms with Gasteiger partial charge in [0.05, 0.1) is 6.42 Å². The Morgan fingerprint density at radius 3 is 2.88 bits per heavy atom. The van der Waals surface area contributed by atoms with Crippen molar-refractivity contribution in [2.24, 2.45) is 0 Å². The van der Waals surface area contributed by atoms with Gasteiger partial charge in [0.2, 0.25) is 5.91 Å². The van der Waals surface area contributed by atoms with E-state index >= 15 is 0 Å². The van der Waals surface area contributed by atoms with Gasteiger partial charge in [-0.1, -0.05) is 35.5 Å². The first kappa shape index (κ1) is 16.4. The normalized spacial score (nSPS) is 11.3. The fourth-order valence-corrected chi connectivity index (χ4v) is 3.39. The maximum atomic E-state index is 12.2. The predicted octanol–water partition coefficient (Wildman–Crippen LogP) is 3.84. The highest BCUT2D eigenvalue weighted by molar-refractivity contribution is 5.86. The summed E-state index contributed by atoms with van der Waals surface area (Å²) in [5.74, 6) is -0.0295. The van der Waals surface area contributed by atoms with Gasteiger partial charge in [0, 0.05) is 29.7 Å². The zero-order chi connectivity index (χ0) is 17.9. The van der Waals surface area contributed by atoms with Gasteiger partial charge in [-0.3, -0.25) is 4.79 Å². The van der Waals surface area contributed by atoms with Crippen LogP contribution >= 0.6 is 0 Å². The second-order valence-electron chi connectivity index (χ2n) is 6.50. The summed E-state index contributed by atoms with van der Waals surface area (Å²) in [4.78, 5) is 12.2. The summed E-state index contributed by atoms with van der Waals surface area (Å²) in [6.07, 6.45) is 1.12. The van der Waals surface area contributed by atoms with Gasteiger partial charge in [-0.2, -0.15) is 0 Å². The Hall–Kier alpha value is -3.08. The molecule has 0 saturated heterocycles. The Morgan fingerprint density at radius 2 is 1.96 bits per heavy atom. The highest BCUT2D eigenvalue weighted by Crippen LogP contribution is 2.20. The van der Waals surface area contributed by atoms with Crippen molar-refractivity contribution in [3.05, 3.63) is 66.0 Å². The number of aryl methyl sites for hydroxylation is 2. The van der Waals surface area contributed by atoms with Gasteiger partial charge in [0.25, 0.3) is 0 Å². The van der Waals surface area contributed by atoms with Gasteiger partial charge in [0.1, 0.15) is 5.69 Å². The molecule has 0 saturated carbocycles. The van der Waals surface area contributed by atoms with Gasteiger partial charge in [0.15, 0.2) is 5.58 Å². The van der Waals surface area contributed by atoms with Crippen LogP contribution in [0, 0.1) is 6.92 Å². The SMILES string of the molecule is Cc1cc2ccccc2n1CCCNC(=O)Cc1noc2ccccc12. The summed E-state index contributed by atoms with van der Waals surface area (Å²) < 4.78 is 7.54. The van der Waals surface area contributed by atoms with Crippen LogP contribution in [-0.4, -0.2) is 22.2 Å². The van der Waals surface area contributed by atoms with Crippen molar-refractivity contribution < 1.29 is 9.32 Å². The number of nitrogens with one attached hydrogen (secondary N) is 1. The first-order chi connectivity index (χ1) is 12.7. The number of rotatable bonds is 6. The number of carbonyl (C=O) groups is 1. The molecule has 0 aliphatic rings. The number of fused-ring (bicyclic) bond motifs is 2. The quantitative estimate of drug-likeness (QED) is 0.539. The molecule has 0 aliphatic heterocycles. The molecule has 26 heavy (non-hydrogen) atoms. The number of hydrogen-bond acceptors (Lipinski definition) is 3. The minimum absolute atomic E-state index is 0.0295. The zero-order valence-corrected chi connectivity index (χ0v) is 14.7. The molecule has 5 nitrogen and oxygen atoms in total. The van der Waals surface area contributed by atoms with Crippen LogP contribution in [0.1, 0.15) is 17.8 Å². The van der Waals surface area contributed by atoms with Crippen molar-refractivity contribution in [3.63, 3.8) is 0 Å². The van der Waals surface area contributed by atoms with Gasteiger partial charge < -0.3 is 14.4 Å². The maximum absolute atomic E-state index is 12.2. The molecular weight excluding hydrogens is 326 g/mol. The maximum Gasteiger partial charge on any atom is 0.226 e. The minimum atomic E-state index is -0.0295. The van der Waals surface area contributed by atoms with Crippen LogP contribution in [0.15, 0.2) is 59.1 Å². The number of nitrogens with zero attached hydrogens (tertiary/aromatic N) is 2. The fraction of sp³-hybridized carbons (Fsp3) is 0.238. The third kappa shape index (κ3) is 3.20. The van der Waals surface area contributed by atoms with Crippen molar-refractivity contribution in [1.82, 2.24) is 15.0 Å². The molecule has 0 fully saturated rings. The average Bonchev–Trinajstić information content (AvgIpc) is 3.20. The fourth-order valence-electron chi connectivity index (χ4n) is 3.39. The Bertz CT molecular complexity index is 1060. The lowest BCUT2D eigenvalue weighted by Crippen LogP contribution is -2.27. The topological polar surface area (TPSA) is 60.1 Å². The van der Waals surface area contributed by atoms with E-state index < -0.39 is 0 Å². The van der Waals surface area contributed by atoms with Crippen molar-refractivity contribution in [2.45, 2.75) is 26.3 Å². The van der Waals surface area contributed by atoms with Crippen molar-refractivity contribution in [1.29, 1.82) is 0 Å². The number of carbonyl (C=O) groups excluding carboxylic acids is 1. The summed E-state index contributed by atoms with van der Waals surface area (Å²) in [7, 11) is 0. The van der Waals surface area contributed by atoms with Crippen LogP contribution in [0.4, 0.5) is 0 Å². The van der Waals surface area contributed by atoms with E-state index in [2.05, 4.69) is 52.3 Å². The van der Waals surface area contributed by atoms with Crippen LogP contribution < -0.4 is 5.32 Å². The molecule has 5 heteroatoms. The average molecular weight is 347 g/mol. The summed E-state index contributed by atoms with van der Waals surface area (Å²) in [6.45, 7) is 3.64. The first-order valence-corrected chi connectivity index (χ1v) is 8.87. The van der Waals surface area contributed by atoms with Crippen LogP contribution in [0.5, 0.6) is 0 Å². The second-order valence-corrected chi connectivity index (χ2v) is 6.50. The van der Waals surface area contributed by atoms with Crippen LogP contribution in [-0.2, 0) is 17.8 Å². The highest BCUT2D eigenvalue weighted by atomic mass is 16.5. The van der Waals surface area contributed by atoms with Crippen molar-refractivity contribution in [3.8, 4) is 0 Å². The standard InChI is InChI=1S/C21H21N3O2/c1-15-13-16-7-2-4-9-19(16)24(15)12-6-11-22-21(25)14-18-17-8-3-5-10-20(17)26-23-18/h2-5,7-10,13H,6,11-12,14H2,1H3,(H,22,25). The number of amides is 1. The smallest absolute Gasteiger partial charge is 0.226 e. The predicted molar refractivity (Wildman–Crippen MR) is 102 cm³/mol. The number of hydrogen-bond donors (Lipinski definition) is 1. The highest BCUT2D eigenvalue weighted by Gasteiger charge is 2.11. The van der Waals surface area contributed by atoms with Crippen molar-refractivity contribution in [2.75, 3.05) is 6.54 Å². The van der Waals surface area contributed by atoms with Crippen molar-refractivity contribution >= 4 is 27.8 Å². The molecule has 1 N–H and O–H groups in total. The largest absolute Gasteiger partial charge is 0.356 e. The number of benzene rings is 2. The van der Waals surface area contributed by atoms with E-state index in [1.807, 2.05) is 24.3 Å². The second kappa shape index (κ2) is 7.04. The molecule has 0 bridgehead atoms. The number of aromatic nitrogens is 2. The van der Waals surface area contributed by atoms with Crippen LogP contribution in [0.25, 0.3) is 21.9 Å². The number of para-hydroxylation sites is 2. The molecule has 0 aliphatic carbocycles. The van der Waals surface area contributed by atoms with E-state index in [1.54, 1.807) is 0 Å². The van der Waals surface area contributed by atoms with Gasteiger partial charge in [-0.25, -0.2) is 0 Å². The molecule has 132 valence electrons. The first-order valence-electron chi connectivity index (χ1n) is 8.87. The van der Waals surface area contributed by atoms with Crippen LogP contribution in [0.2, 0.25) is 0 Å². The Balaban J connectivity index is 1.32. The molecule has 0 atom stereocenters. The molecule has 2 aromatic carbocycles. The van der Waals surface area contributed by atoms with E-state index in [0.29, 0.717) is 17.8 Å². The zero-order valence-electron chi connectivity index (χ0n) is 14.7. The Morgan fingerprint density at radius 1 is 1.15 bits per heavy atom. The summed E-state index contributed by atoms with van der Waals surface area (Å²) in [5, 5.41) is 9.15. The van der Waals surface area contributed by atoms with Gasteiger partial charge in [-0.15, -0.1) is 0 Å². The van der Waals surface area contributed by atoms with E-state index in [4.69, 9.17) is 4.52 Å². The van der Waals surface area contributed by atoms with Crippen LogP contribution in [0.3, 0.4) is 0 Å². The minimum Gasteiger partial charge on any atom is -0.356 e. The summed E-state index contributed by atoms with van der Waals surface area (Å²) >= 11 is 0. The van der Waals surface area contributed by atoms with E-state index in [9.17, 15) is 4.79 Å². The Kier molecular flexibility index (Phi) is 4.44. The van der Waals surface area contributed by atoms with E-state index in [1.165, 1.54) is 16.6 Å². The van der Waals surface area contributed by atoms with E-state index in [-0.39, 0.29) is 12.3 Å². The van der Waals surface area contributed by atoms with E-state index in [0.717, 1.165) is 18.4 Å². The lowest BCUT2D eigenvalue weighted by molar-refractivity contribution is -0.120. The molecule has 4 aromatic rings. The summed E-state index contributed by atoms with van der Waals surface area (Å²) in [6, 6.07) is 18.2. The molecule has 2 heterocycles. The molecule has 0 spiro atoms. The monoisotopic (exact) mass is 347 g/mol. The lowest BCUT2D eigenvalue weighted by atomic mass is 10.1.